The summed E-state index contributed by atoms with van der Waals surface area (Å²) in [5, 5.41) is 3.51. The molecule has 4 heteroatoms. The SMILES string of the molecule is CC(C)NCc1cc(Br)cnc1N1CCC(C(C)C)CC1. The summed E-state index contributed by atoms with van der Waals surface area (Å²) in [6, 6.07) is 2.69. The molecule has 0 bridgehead atoms. The fraction of sp³-hybridized carbons (Fsp3) is 0.706. The van der Waals surface area contributed by atoms with Gasteiger partial charge in [0.25, 0.3) is 0 Å². The number of nitrogens with one attached hydrogen (secondary N) is 1. The zero-order valence-electron chi connectivity index (χ0n) is 13.7. The quantitative estimate of drug-likeness (QED) is 0.858. The van der Waals surface area contributed by atoms with Crippen LogP contribution in [0.4, 0.5) is 5.82 Å². The van der Waals surface area contributed by atoms with E-state index >= 15 is 0 Å². The van der Waals surface area contributed by atoms with Gasteiger partial charge in [0.05, 0.1) is 0 Å². The van der Waals surface area contributed by atoms with Crippen molar-refractivity contribution >= 4 is 21.7 Å². The number of nitrogens with zero attached hydrogens (tertiary/aromatic N) is 2. The minimum absolute atomic E-state index is 0.489. The lowest BCUT2D eigenvalue weighted by molar-refractivity contribution is 0.310. The first-order valence-electron chi connectivity index (χ1n) is 8.10. The summed E-state index contributed by atoms with van der Waals surface area (Å²) in [7, 11) is 0. The van der Waals surface area contributed by atoms with E-state index in [1.165, 1.54) is 18.4 Å². The molecular weight excluding hydrogens is 326 g/mol. The highest BCUT2D eigenvalue weighted by Crippen LogP contribution is 2.29. The van der Waals surface area contributed by atoms with Crippen LogP contribution in [0.2, 0.25) is 0 Å². The standard InChI is InChI=1S/C17H28BrN3/c1-12(2)14-5-7-21(8-6-14)17-15(10-19-13(3)4)9-16(18)11-20-17/h9,11-14,19H,5-8,10H2,1-4H3. The topological polar surface area (TPSA) is 28.2 Å². The first-order valence-corrected chi connectivity index (χ1v) is 8.89. The zero-order valence-corrected chi connectivity index (χ0v) is 15.3. The van der Waals surface area contributed by atoms with E-state index in [1.54, 1.807) is 0 Å². The van der Waals surface area contributed by atoms with Crippen molar-refractivity contribution in [2.75, 3.05) is 18.0 Å². The summed E-state index contributed by atoms with van der Waals surface area (Å²) in [4.78, 5) is 7.15. The number of hydrogen-bond donors (Lipinski definition) is 1. The molecule has 0 aromatic carbocycles. The van der Waals surface area contributed by atoms with Gasteiger partial charge in [-0.3, -0.25) is 0 Å². The van der Waals surface area contributed by atoms with Crippen LogP contribution in [0.5, 0.6) is 0 Å². The van der Waals surface area contributed by atoms with Crippen LogP contribution in [0, 0.1) is 11.8 Å². The summed E-state index contributed by atoms with van der Waals surface area (Å²) in [5.41, 5.74) is 1.29. The Morgan fingerprint density at radius 2 is 1.95 bits per heavy atom. The van der Waals surface area contributed by atoms with Crippen LogP contribution in [0.1, 0.15) is 46.1 Å². The molecule has 0 radical (unpaired) electrons. The number of hydrogen-bond acceptors (Lipinski definition) is 3. The molecule has 3 nitrogen and oxygen atoms in total. The van der Waals surface area contributed by atoms with Crippen molar-refractivity contribution in [3.05, 3.63) is 22.3 Å². The highest BCUT2D eigenvalue weighted by molar-refractivity contribution is 9.10. The molecule has 1 aliphatic rings. The summed E-state index contributed by atoms with van der Waals surface area (Å²) in [5.74, 6) is 2.83. The van der Waals surface area contributed by atoms with E-state index in [0.717, 1.165) is 41.8 Å². The molecule has 0 unspecified atom stereocenters. The van der Waals surface area contributed by atoms with Crippen LogP contribution >= 0.6 is 15.9 Å². The number of anilines is 1. The summed E-state index contributed by atoms with van der Waals surface area (Å²) >= 11 is 3.55. The molecule has 1 aromatic heterocycles. The average molecular weight is 354 g/mol. The van der Waals surface area contributed by atoms with Crippen molar-refractivity contribution in [2.24, 2.45) is 11.8 Å². The normalized spacial score (nSPS) is 17.0. The fourth-order valence-corrected chi connectivity index (χ4v) is 3.36. The van der Waals surface area contributed by atoms with Crippen LogP contribution < -0.4 is 10.2 Å². The van der Waals surface area contributed by atoms with Gasteiger partial charge in [-0.05, 0) is 46.7 Å². The first-order chi connectivity index (χ1) is 9.97. The molecular formula is C17H28BrN3. The van der Waals surface area contributed by atoms with Crippen LogP contribution in [-0.2, 0) is 6.54 Å². The monoisotopic (exact) mass is 353 g/mol. The summed E-state index contributed by atoms with van der Waals surface area (Å²) in [6.07, 6.45) is 4.49. The third-order valence-corrected chi connectivity index (χ3v) is 4.83. The fourth-order valence-electron chi connectivity index (χ4n) is 2.98. The van der Waals surface area contributed by atoms with E-state index in [2.05, 4.69) is 64.9 Å². The van der Waals surface area contributed by atoms with E-state index in [1.807, 2.05) is 6.20 Å². The summed E-state index contributed by atoms with van der Waals surface area (Å²) < 4.78 is 1.06. The van der Waals surface area contributed by atoms with E-state index in [0.29, 0.717) is 6.04 Å². The smallest absolute Gasteiger partial charge is 0.133 e. The maximum absolute atomic E-state index is 4.69. The van der Waals surface area contributed by atoms with Gasteiger partial charge >= 0.3 is 0 Å². The second kappa shape index (κ2) is 7.59. The van der Waals surface area contributed by atoms with Gasteiger partial charge in [0.2, 0.25) is 0 Å². The Morgan fingerprint density at radius 3 is 2.52 bits per heavy atom. The molecule has 0 aliphatic carbocycles. The third-order valence-electron chi connectivity index (χ3n) is 4.39. The highest BCUT2D eigenvalue weighted by atomic mass is 79.9. The second-order valence-corrected chi connectivity index (χ2v) is 7.66. The third kappa shape index (κ3) is 4.68. The minimum atomic E-state index is 0.489. The zero-order chi connectivity index (χ0) is 15.4. The van der Waals surface area contributed by atoms with Crippen molar-refractivity contribution in [2.45, 2.75) is 53.1 Å². The van der Waals surface area contributed by atoms with Crippen LogP contribution in [0.3, 0.4) is 0 Å². The molecule has 0 atom stereocenters. The molecule has 1 saturated heterocycles. The Morgan fingerprint density at radius 1 is 1.29 bits per heavy atom. The van der Waals surface area contributed by atoms with Gasteiger partial charge in [-0.15, -0.1) is 0 Å². The number of aromatic nitrogens is 1. The average Bonchev–Trinajstić information content (AvgIpc) is 2.45. The number of halogens is 1. The van der Waals surface area contributed by atoms with Crippen molar-refractivity contribution in [1.29, 1.82) is 0 Å². The Labute approximate surface area is 137 Å². The predicted molar refractivity (Wildman–Crippen MR) is 93.7 cm³/mol. The Balaban J connectivity index is 2.08. The maximum Gasteiger partial charge on any atom is 0.133 e. The van der Waals surface area contributed by atoms with E-state index in [9.17, 15) is 0 Å². The van der Waals surface area contributed by atoms with Crippen LogP contribution in [-0.4, -0.2) is 24.1 Å². The molecule has 21 heavy (non-hydrogen) atoms. The Bertz CT molecular complexity index is 451. The van der Waals surface area contributed by atoms with Crippen LogP contribution in [0.15, 0.2) is 16.7 Å². The lowest BCUT2D eigenvalue weighted by atomic mass is 9.86. The van der Waals surface area contributed by atoms with Gasteiger partial charge in [0.1, 0.15) is 5.82 Å². The van der Waals surface area contributed by atoms with Crippen molar-refractivity contribution < 1.29 is 0 Å². The van der Waals surface area contributed by atoms with Gasteiger partial charge < -0.3 is 10.2 Å². The largest absolute Gasteiger partial charge is 0.356 e. The molecule has 0 spiro atoms. The minimum Gasteiger partial charge on any atom is -0.356 e. The molecule has 0 amide bonds. The van der Waals surface area contributed by atoms with Gasteiger partial charge in [0, 0.05) is 41.9 Å². The molecule has 1 aliphatic heterocycles. The molecule has 2 heterocycles. The summed E-state index contributed by atoms with van der Waals surface area (Å²) in [6.45, 7) is 12.2. The highest BCUT2D eigenvalue weighted by Gasteiger charge is 2.23. The second-order valence-electron chi connectivity index (χ2n) is 6.74. The first kappa shape index (κ1) is 16.8. The molecule has 1 aromatic rings. The van der Waals surface area contributed by atoms with Crippen molar-refractivity contribution in [3.8, 4) is 0 Å². The molecule has 1 fully saturated rings. The van der Waals surface area contributed by atoms with Gasteiger partial charge in [-0.1, -0.05) is 27.7 Å². The van der Waals surface area contributed by atoms with Gasteiger partial charge in [-0.25, -0.2) is 4.98 Å². The van der Waals surface area contributed by atoms with Gasteiger partial charge in [-0.2, -0.15) is 0 Å². The predicted octanol–water partition coefficient (Wildman–Crippen LogP) is 4.21. The Hall–Kier alpha value is -0.610. The Kier molecular flexibility index (Phi) is 6.06. The molecule has 0 saturated carbocycles. The lowest BCUT2D eigenvalue weighted by Crippen LogP contribution is -2.36. The van der Waals surface area contributed by atoms with Crippen LogP contribution in [0.25, 0.3) is 0 Å². The van der Waals surface area contributed by atoms with Crippen molar-refractivity contribution in [1.82, 2.24) is 10.3 Å². The van der Waals surface area contributed by atoms with Crippen molar-refractivity contribution in [3.63, 3.8) is 0 Å². The molecule has 1 N–H and O–H groups in total. The number of rotatable bonds is 5. The number of pyridine rings is 1. The molecule has 2 rings (SSSR count). The van der Waals surface area contributed by atoms with E-state index in [4.69, 9.17) is 0 Å². The van der Waals surface area contributed by atoms with E-state index < -0.39 is 0 Å². The lowest BCUT2D eigenvalue weighted by Gasteiger charge is -2.35. The van der Waals surface area contributed by atoms with Gasteiger partial charge in [0.15, 0.2) is 0 Å². The maximum atomic E-state index is 4.69. The molecule has 118 valence electrons. The van der Waals surface area contributed by atoms with E-state index in [-0.39, 0.29) is 0 Å². The number of piperidine rings is 1.